The zero-order valence-electron chi connectivity index (χ0n) is 17.0. The summed E-state index contributed by atoms with van der Waals surface area (Å²) in [6.45, 7) is 1.17. The number of amides is 3. The van der Waals surface area contributed by atoms with Crippen molar-refractivity contribution in [2.45, 2.75) is 31.7 Å². The van der Waals surface area contributed by atoms with Crippen LogP contribution in [0.4, 0.5) is 13.6 Å². The summed E-state index contributed by atoms with van der Waals surface area (Å²) in [7, 11) is 3.45. The van der Waals surface area contributed by atoms with E-state index in [1.54, 1.807) is 46.9 Å². The second kappa shape index (κ2) is 7.66. The zero-order chi connectivity index (χ0) is 21.5. The molecule has 1 fully saturated rings. The summed E-state index contributed by atoms with van der Waals surface area (Å²) < 4.78 is 28.4. The van der Waals surface area contributed by atoms with E-state index in [9.17, 15) is 18.4 Å². The molecule has 0 saturated carbocycles. The molecule has 0 N–H and O–H groups in total. The molecule has 0 spiro atoms. The van der Waals surface area contributed by atoms with Gasteiger partial charge in [-0.05, 0) is 12.1 Å². The number of aromatic nitrogens is 3. The van der Waals surface area contributed by atoms with Gasteiger partial charge in [-0.1, -0.05) is 0 Å². The van der Waals surface area contributed by atoms with Crippen molar-refractivity contribution in [2.24, 2.45) is 0 Å². The molecule has 2 aromatic rings. The minimum atomic E-state index is -2.69. The highest BCUT2D eigenvalue weighted by atomic mass is 19.3. The van der Waals surface area contributed by atoms with Crippen LogP contribution in [0.1, 0.15) is 34.5 Å². The van der Waals surface area contributed by atoms with Crippen LogP contribution in [0.5, 0.6) is 0 Å². The molecule has 0 radical (unpaired) electrons. The highest BCUT2D eigenvalue weighted by Crippen LogP contribution is 2.28. The van der Waals surface area contributed by atoms with E-state index < -0.39 is 5.92 Å². The number of carbonyl (C=O) groups excluding carboxylic acids is 2. The lowest BCUT2D eigenvalue weighted by atomic mass is 10.1. The molecule has 8 nitrogen and oxygen atoms in total. The van der Waals surface area contributed by atoms with Crippen molar-refractivity contribution in [3.8, 4) is 5.82 Å². The predicted molar refractivity (Wildman–Crippen MR) is 105 cm³/mol. The number of halogens is 2. The zero-order valence-corrected chi connectivity index (χ0v) is 17.0. The first-order valence-electron chi connectivity index (χ1n) is 9.91. The van der Waals surface area contributed by atoms with Gasteiger partial charge in [-0.15, -0.1) is 0 Å². The van der Waals surface area contributed by atoms with Crippen LogP contribution < -0.4 is 0 Å². The van der Waals surface area contributed by atoms with Gasteiger partial charge >= 0.3 is 6.03 Å². The molecule has 30 heavy (non-hydrogen) atoms. The van der Waals surface area contributed by atoms with Crippen LogP contribution >= 0.6 is 0 Å². The molecule has 0 unspecified atom stereocenters. The Balaban J connectivity index is 1.47. The molecule has 0 atom stereocenters. The summed E-state index contributed by atoms with van der Waals surface area (Å²) in [6, 6.07) is 3.32. The van der Waals surface area contributed by atoms with Crippen molar-refractivity contribution in [3.63, 3.8) is 0 Å². The smallest absolute Gasteiger partial charge is 0.319 e. The highest BCUT2D eigenvalue weighted by molar-refractivity contribution is 5.94. The molecular formula is C20H24F2N6O2. The normalized spacial score (nSPS) is 18.1. The van der Waals surface area contributed by atoms with Gasteiger partial charge in [0.25, 0.3) is 11.8 Å². The minimum Gasteiger partial charge on any atom is -0.338 e. The first kappa shape index (κ1) is 20.2. The third kappa shape index (κ3) is 3.86. The molecule has 10 heteroatoms. The van der Waals surface area contributed by atoms with Crippen LogP contribution in [-0.2, 0) is 13.0 Å². The minimum absolute atomic E-state index is 0.0372. The van der Waals surface area contributed by atoms with Gasteiger partial charge in [-0.25, -0.2) is 23.2 Å². The number of alkyl halides is 2. The van der Waals surface area contributed by atoms with Crippen LogP contribution in [0.25, 0.3) is 5.82 Å². The molecule has 3 amide bonds. The number of rotatable bonds is 2. The number of hydrogen-bond acceptors (Lipinski definition) is 4. The SMILES string of the molecule is CN(C)C(=O)N1CCc2c(cnn2-c2ccc(C(=O)N3CCC(F)(F)CC3)cn2)C1. The van der Waals surface area contributed by atoms with E-state index in [-0.39, 0.29) is 37.9 Å². The number of likely N-dealkylation sites (tertiary alicyclic amines) is 1. The molecule has 1 saturated heterocycles. The van der Waals surface area contributed by atoms with Crippen LogP contribution in [0.2, 0.25) is 0 Å². The third-order valence-electron chi connectivity index (χ3n) is 5.58. The Kier molecular flexibility index (Phi) is 5.17. The molecule has 0 aliphatic carbocycles. The van der Waals surface area contributed by atoms with Crippen molar-refractivity contribution >= 4 is 11.9 Å². The van der Waals surface area contributed by atoms with Crippen molar-refractivity contribution in [3.05, 3.63) is 41.3 Å². The summed E-state index contributed by atoms with van der Waals surface area (Å²) in [5, 5.41) is 4.41. The van der Waals surface area contributed by atoms with Crippen molar-refractivity contribution < 1.29 is 18.4 Å². The fourth-order valence-electron chi connectivity index (χ4n) is 3.83. The average molecular weight is 418 g/mol. The first-order chi connectivity index (χ1) is 14.2. The van der Waals surface area contributed by atoms with Gasteiger partial charge in [0.05, 0.1) is 24.0 Å². The summed E-state index contributed by atoms with van der Waals surface area (Å²) in [4.78, 5) is 33.9. The predicted octanol–water partition coefficient (Wildman–Crippen LogP) is 2.18. The van der Waals surface area contributed by atoms with E-state index >= 15 is 0 Å². The Morgan fingerprint density at radius 3 is 2.43 bits per heavy atom. The van der Waals surface area contributed by atoms with E-state index in [1.165, 1.54) is 11.1 Å². The lowest BCUT2D eigenvalue weighted by Gasteiger charge is -2.31. The Bertz CT molecular complexity index is 947. The Morgan fingerprint density at radius 2 is 1.80 bits per heavy atom. The summed E-state index contributed by atoms with van der Waals surface area (Å²) in [6.07, 6.45) is 3.23. The van der Waals surface area contributed by atoms with Gasteiger partial charge in [0.15, 0.2) is 5.82 Å². The van der Waals surface area contributed by atoms with Crippen molar-refractivity contribution in [1.29, 1.82) is 0 Å². The number of fused-ring (bicyclic) bond motifs is 1. The molecule has 160 valence electrons. The molecule has 4 rings (SSSR count). The Morgan fingerprint density at radius 1 is 1.07 bits per heavy atom. The maximum atomic E-state index is 13.3. The van der Waals surface area contributed by atoms with E-state index in [1.807, 2.05) is 0 Å². The maximum absolute atomic E-state index is 13.3. The number of carbonyl (C=O) groups is 2. The number of hydrogen-bond donors (Lipinski definition) is 0. The molecule has 0 aromatic carbocycles. The van der Waals surface area contributed by atoms with Gasteiger partial charge in [0.2, 0.25) is 0 Å². The Hall–Kier alpha value is -3.04. The van der Waals surface area contributed by atoms with Gasteiger partial charge in [0.1, 0.15) is 0 Å². The van der Waals surface area contributed by atoms with Gasteiger partial charge < -0.3 is 14.7 Å². The van der Waals surface area contributed by atoms with E-state index in [4.69, 9.17) is 0 Å². The van der Waals surface area contributed by atoms with Gasteiger partial charge in [-0.2, -0.15) is 5.10 Å². The van der Waals surface area contributed by atoms with Crippen LogP contribution in [0, 0.1) is 0 Å². The monoisotopic (exact) mass is 418 g/mol. The van der Waals surface area contributed by atoms with E-state index in [0.717, 1.165) is 11.3 Å². The summed E-state index contributed by atoms with van der Waals surface area (Å²) >= 11 is 0. The first-order valence-corrected chi connectivity index (χ1v) is 9.91. The van der Waals surface area contributed by atoms with E-state index in [2.05, 4.69) is 10.1 Å². The number of piperidine rings is 1. The maximum Gasteiger partial charge on any atom is 0.319 e. The molecular weight excluding hydrogens is 394 g/mol. The van der Waals surface area contributed by atoms with Crippen LogP contribution in [0.15, 0.2) is 24.5 Å². The average Bonchev–Trinajstić information content (AvgIpc) is 3.16. The fraction of sp³-hybridized carbons (Fsp3) is 0.500. The fourth-order valence-corrected chi connectivity index (χ4v) is 3.83. The summed E-state index contributed by atoms with van der Waals surface area (Å²) in [5.74, 6) is -2.40. The second-order valence-electron chi connectivity index (χ2n) is 7.93. The number of pyridine rings is 1. The molecule has 2 aliphatic rings. The molecule has 2 aromatic heterocycles. The van der Waals surface area contributed by atoms with Gasteiger partial charge in [-0.3, -0.25) is 4.79 Å². The topological polar surface area (TPSA) is 74.6 Å². The van der Waals surface area contributed by atoms with Crippen LogP contribution in [-0.4, -0.2) is 81.1 Å². The lowest BCUT2D eigenvalue weighted by molar-refractivity contribution is -0.0494. The Labute approximate surface area is 173 Å². The van der Waals surface area contributed by atoms with Crippen molar-refractivity contribution in [1.82, 2.24) is 29.5 Å². The molecule has 2 aliphatic heterocycles. The summed E-state index contributed by atoms with van der Waals surface area (Å²) in [5.41, 5.74) is 2.32. The third-order valence-corrected chi connectivity index (χ3v) is 5.58. The highest BCUT2D eigenvalue weighted by Gasteiger charge is 2.35. The second-order valence-corrected chi connectivity index (χ2v) is 7.93. The molecule has 4 heterocycles. The molecule has 0 bridgehead atoms. The standard InChI is InChI=1S/C20H24F2N6O2/c1-25(2)19(30)27-8-5-16-15(13-27)12-24-28(16)17-4-3-14(11-23-17)18(29)26-9-6-20(21,22)7-10-26/h3-4,11-12H,5-10,13H2,1-2H3. The number of nitrogens with zero attached hydrogens (tertiary/aromatic N) is 6. The lowest BCUT2D eigenvalue weighted by Crippen LogP contribution is -2.42. The van der Waals surface area contributed by atoms with Gasteiger partial charge in [0, 0.05) is 64.8 Å². The quantitative estimate of drug-likeness (QED) is 0.749. The van der Waals surface area contributed by atoms with Crippen molar-refractivity contribution in [2.75, 3.05) is 33.7 Å². The van der Waals surface area contributed by atoms with E-state index in [0.29, 0.717) is 30.9 Å². The number of urea groups is 1. The van der Waals surface area contributed by atoms with Crippen LogP contribution in [0.3, 0.4) is 0 Å². The largest absolute Gasteiger partial charge is 0.338 e.